The first kappa shape index (κ1) is 14.9. The number of hydrogen-bond acceptors (Lipinski definition) is 3. The minimum atomic E-state index is -0.825. The molecule has 0 atom stereocenters. The first-order valence-corrected chi connectivity index (χ1v) is 6.70. The zero-order valence-electron chi connectivity index (χ0n) is 11.8. The third kappa shape index (κ3) is 3.72. The molecule has 2 rings (SSSR count). The number of aliphatic carboxylic acids is 1. The molecule has 0 bridgehead atoms. The van der Waals surface area contributed by atoms with E-state index in [0.717, 1.165) is 5.56 Å². The normalized spacial score (nSPS) is 14.2. The highest BCUT2D eigenvalue weighted by atomic mass is 16.4. The fourth-order valence-electron chi connectivity index (χ4n) is 2.42. The first-order valence-electron chi connectivity index (χ1n) is 6.70. The van der Waals surface area contributed by atoms with Gasteiger partial charge >= 0.3 is 12.0 Å². The van der Waals surface area contributed by atoms with Crippen molar-refractivity contribution in [3.63, 3.8) is 0 Å². The molecule has 0 spiro atoms. The summed E-state index contributed by atoms with van der Waals surface area (Å²) in [6, 6.07) is 9.09. The standard InChI is InChI=1S/C15H17N3O3/c1-17(8-12-4-2-3-11(5-12)7-16)15(21)18-9-13(10-18)6-14(19)20/h2-5,13H,6,8-10H2,1H3,(H,19,20). The topological polar surface area (TPSA) is 84.6 Å². The molecule has 0 aliphatic carbocycles. The quantitative estimate of drug-likeness (QED) is 0.909. The molecule has 0 unspecified atom stereocenters. The third-order valence-electron chi connectivity index (χ3n) is 3.49. The SMILES string of the molecule is CN(Cc1cccc(C#N)c1)C(=O)N1CC(CC(=O)O)C1. The van der Waals surface area contributed by atoms with E-state index in [9.17, 15) is 9.59 Å². The highest BCUT2D eigenvalue weighted by molar-refractivity contribution is 5.75. The van der Waals surface area contributed by atoms with Gasteiger partial charge in [-0.05, 0) is 17.7 Å². The summed E-state index contributed by atoms with van der Waals surface area (Å²) in [5, 5.41) is 17.5. The van der Waals surface area contributed by atoms with Crippen LogP contribution in [0.25, 0.3) is 0 Å². The molecule has 1 aromatic carbocycles. The summed E-state index contributed by atoms with van der Waals surface area (Å²) >= 11 is 0. The molecule has 1 fully saturated rings. The van der Waals surface area contributed by atoms with E-state index in [1.165, 1.54) is 0 Å². The number of carbonyl (C=O) groups excluding carboxylic acids is 1. The molecule has 1 aliphatic rings. The van der Waals surface area contributed by atoms with Gasteiger partial charge in [0.2, 0.25) is 0 Å². The Balaban J connectivity index is 1.86. The molecule has 1 N–H and O–H groups in total. The molecule has 1 aliphatic heterocycles. The van der Waals surface area contributed by atoms with Crippen LogP contribution in [0.2, 0.25) is 0 Å². The van der Waals surface area contributed by atoms with E-state index in [1.54, 1.807) is 35.0 Å². The van der Waals surface area contributed by atoms with Gasteiger partial charge in [0.1, 0.15) is 0 Å². The van der Waals surface area contributed by atoms with Crippen LogP contribution in [0.1, 0.15) is 17.5 Å². The number of benzene rings is 1. The van der Waals surface area contributed by atoms with Crippen molar-refractivity contribution >= 4 is 12.0 Å². The number of nitrogens with zero attached hydrogens (tertiary/aromatic N) is 3. The Kier molecular flexibility index (Phi) is 4.43. The van der Waals surface area contributed by atoms with Gasteiger partial charge in [-0.3, -0.25) is 4.79 Å². The Labute approximate surface area is 123 Å². The van der Waals surface area contributed by atoms with Crippen molar-refractivity contribution in [3.8, 4) is 6.07 Å². The average Bonchev–Trinajstić information content (AvgIpc) is 2.41. The number of amides is 2. The molecule has 0 aromatic heterocycles. The van der Waals surface area contributed by atoms with Crippen LogP contribution in [0.4, 0.5) is 4.79 Å². The van der Waals surface area contributed by atoms with Crippen molar-refractivity contribution in [2.45, 2.75) is 13.0 Å². The number of urea groups is 1. The summed E-state index contributed by atoms with van der Waals surface area (Å²) in [5.74, 6) is -0.768. The summed E-state index contributed by atoms with van der Waals surface area (Å²) in [7, 11) is 1.70. The lowest BCUT2D eigenvalue weighted by Crippen LogP contribution is -2.54. The van der Waals surface area contributed by atoms with Crippen molar-refractivity contribution in [1.82, 2.24) is 9.80 Å². The molecule has 0 radical (unpaired) electrons. The van der Waals surface area contributed by atoms with E-state index in [2.05, 4.69) is 6.07 Å². The number of carboxylic acid groups (broad SMARTS) is 1. The van der Waals surface area contributed by atoms with Gasteiger partial charge in [0, 0.05) is 32.6 Å². The molecule has 6 heteroatoms. The van der Waals surface area contributed by atoms with Crippen molar-refractivity contribution in [3.05, 3.63) is 35.4 Å². The van der Waals surface area contributed by atoms with Gasteiger partial charge < -0.3 is 14.9 Å². The molecular formula is C15H17N3O3. The maximum absolute atomic E-state index is 12.2. The van der Waals surface area contributed by atoms with Gasteiger partial charge in [-0.2, -0.15) is 5.26 Å². The molecule has 1 heterocycles. The zero-order valence-corrected chi connectivity index (χ0v) is 11.8. The summed E-state index contributed by atoms with van der Waals surface area (Å²) in [4.78, 5) is 25.9. The maximum atomic E-state index is 12.2. The Morgan fingerprint density at radius 3 is 2.81 bits per heavy atom. The molecule has 0 saturated carbocycles. The first-order chi connectivity index (χ1) is 9.99. The number of carbonyl (C=O) groups is 2. The van der Waals surface area contributed by atoms with Gasteiger partial charge in [0.25, 0.3) is 0 Å². The van der Waals surface area contributed by atoms with Crippen LogP contribution in [0.3, 0.4) is 0 Å². The number of rotatable bonds is 4. The molecule has 2 amide bonds. The molecule has 1 aromatic rings. The molecule has 6 nitrogen and oxygen atoms in total. The van der Waals surface area contributed by atoms with E-state index in [1.807, 2.05) is 6.07 Å². The highest BCUT2D eigenvalue weighted by Gasteiger charge is 2.33. The van der Waals surface area contributed by atoms with Crippen LogP contribution in [0, 0.1) is 17.2 Å². The summed E-state index contributed by atoms with van der Waals surface area (Å²) in [6.45, 7) is 1.41. The van der Waals surface area contributed by atoms with E-state index in [4.69, 9.17) is 10.4 Å². The number of likely N-dealkylation sites (tertiary alicyclic amines) is 1. The third-order valence-corrected chi connectivity index (χ3v) is 3.49. The molecule has 21 heavy (non-hydrogen) atoms. The van der Waals surface area contributed by atoms with E-state index < -0.39 is 5.97 Å². The minimum absolute atomic E-state index is 0.0572. The van der Waals surface area contributed by atoms with Gasteiger partial charge in [-0.1, -0.05) is 12.1 Å². The maximum Gasteiger partial charge on any atom is 0.320 e. The van der Waals surface area contributed by atoms with E-state index >= 15 is 0 Å². The van der Waals surface area contributed by atoms with Gasteiger partial charge in [-0.25, -0.2) is 4.79 Å². The van der Waals surface area contributed by atoms with Crippen LogP contribution in [0.15, 0.2) is 24.3 Å². The number of carboxylic acids is 1. The minimum Gasteiger partial charge on any atom is -0.481 e. The summed E-state index contributed by atoms with van der Waals surface area (Å²) in [5.41, 5.74) is 1.46. The van der Waals surface area contributed by atoms with Crippen molar-refractivity contribution in [1.29, 1.82) is 5.26 Å². The lowest BCUT2D eigenvalue weighted by atomic mass is 9.97. The van der Waals surface area contributed by atoms with Crippen molar-refractivity contribution in [2.24, 2.45) is 5.92 Å². The van der Waals surface area contributed by atoms with Gasteiger partial charge in [0.15, 0.2) is 0 Å². The number of nitriles is 1. The Morgan fingerprint density at radius 1 is 1.48 bits per heavy atom. The van der Waals surface area contributed by atoms with Crippen LogP contribution < -0.4 is 0 Å². The monoisotopic (exact) mass is 287 g/mol. The van der Waals surface area contributed by atoms with Gasteiger partial charge in [0.05, 0.1) is 18.1 Å². The van der Waals surface area contributed by atoms with Crippen molar-refractivity contribution in [2.75, 3.05) is 20.1 Å². The second-order valence-corrected chi connectivity index (χ2v) is 5.32. The largest absolute Gasteiger partial charge is 0.481 e. The number of hydrogen-bond donors (Lipinski definition) is 1. The smallest absolute Gasteiger partial charge is 0.320 e. The molecule has 110 valence electrons. The van der Waals surface area contributed by atoms with Crippen LogP contribution in [-0.4, -0.2) is 47.0 Å². The van der Waals surface area contributed by atoms with Crippen molar-refractivity contribution < 1.29 is 14.7 Å². The predicted octanol–water partition coefficient (Wildman–Crippen LogP) is 1.52. The fraction of sp³-hybridized carbons (Fsp3) is 0.400. The van der Waals surface area contributed by atoms with E-state index in [0.29, 0.717) is 25.2 Å². The summed E-state index contributed by atoms with van der Waals surface area (Å²) < 4.78 is 0. The fourth-order valence-corrected chi connectivity index (χ4v) is 2.42. The Bertz CT molecular complexity index is 588. The zero-order chi connectivity index (χ0) is 15.4. The second kappa shape index (κ2) is 6.27. The van der Waals surface area contributed by atoms with Crippen LogP contribution >= 0.6 is 0 Å². The highest BCUT2D eigenvalue weighted by Crippen LogP contribution is 2.21. The Hall–Kier alpha value is -2.55. The lowest BCUT2D eigenvalue weighted by Gasteiger charge is -2.40. The second-order valence-electron chi connectivity index (χ2n) is 5.32. The summed E-state index contributed by atoms with van der Waals surface area (Å²) in [6.07, 6.45) is 0.109. The molecule has 1 saturated heterocycles. The van der Waals surface area contributed by atoms with Gasteiger partial charge in [-0.15, -0.1) is 0 Å². The van der Waals surface area contributed by atoms with Crippen LogP contribution in [-0.2, 0) is 11.3 Å². The molecular weight excluding hydrogens is 270 g/mol. The Morgan fingerprint density at radius 2 is 2.19 bits per heavy atom. The van der Waals surface area contributed by atoms with Crippen LogP contribution in [0.5, 0.6) is 0 Å². The predicted molar refractivity (Wildman–Crippen MR) is 75.3 cm³/mol. The average molecular weight is 287 g/mol. The van der Waals surface area contributed by atoms with E-state index in [-0.39, 0.29) is 18.4 Å². The lowest BCUT2D eigenvalue weighted by molar-refractivity contribution is -0.139.